The quantitative estimate of drug-likeness (QED) is 0.192. The minimum absolute atomic E-state index is 0.213. The van der Waals surface area contributed by atoms with Gasteiger partial charge in [-0.05, 0) is 64.3 Å². The third kappa shape index (κ3) is 19.2. The van der Waals surface area contributed by atoms with Gasteiger partial charge in [0.15, 0.2) is 0 Å². The molecule has 0 aromatic heterocycles. The fourth-order valence-corrected chi connectivity index (χ4v) is 2.79. The molecule has 1 atom stereocenters. The van der Waals surface area contributed by atoms with Crippen LogP contribution in [0.1, 0.15) is 84.0 Å². The van der Waals surface area contributed by atoms with Gasteiger partial charge in [0, 0.05) is 6.42 Å². The number of carbonyl (C=O) groups is 2. The summed E-state index contributed by atoms with van der Waals surface area (Å²) >= 11 is 0. The highest BCUT2D eigenvalue weighted by Gasteiger charge is 2.18. The molecule has 5 nitrogen and oxygen atoms in total. The van der Waals surface area contributed by atoms with E-state index < -0.39 is 12.0 Å². The molecule has 0 aromatic carbocycles. The minimum Gasteiger partial charge on any atom is -0.480 e. The number of nitrogens with two attached hydrogens (primary N) is 1. The lowest BCUT2D eigenvalue weighted by Crippen LogP contribution is -2.40. The van der Waals surface area contributed by atoms with E-state index in [-0.39, 0.29) is 5.91 Å². The molecule has 0 fully saturated rings. The second-order valence-corrected chi connectivity index (χ2v) is 7.37. The molecule has 0 aromatic rings. The summed E-state index contributed by atoms with van der Waals surface area (Å²) in [4.78, 5) is 22.9. The van der Waals surface area contributed by atoms with E-state index in [1.807, 2.05) is 0 Å². The van der Waals surface area contributed by atoms with Gasteiger partial charge in [0.25, 0.3) is 0 Å². The van der Waals surface area contributed by atoms with E-state index in [0.29, 0.717) is 32.2 Å². The van der Waals surface area contributed by atoms with Gasteiger partial charge in [-0.3, -0.25) is 4.79 Å². The maximum absolute atomic E-state index is 11.8. The third-order valence-corrected chi connectivity index (χ3v) is 4.56. The van der Waals surface area contributed by atoms with Crippen molar-refractivity contribution in [3.8, 4) is 0 Å². The fourth-order valence-electron chi connectivity index (χ4n) is 2.79. The van der Waals surface area contributed by atoms with Gasteiger partial charge in [-0.25, -0.2) is 4.79 Å². The Morgan fingerprint density at radius 2 is 1.37 bits per heavy atom. The number of carbonyl (C=O) groups excluding carboxylic acids is 1. The van der Waals surface area contributed by atoms with E-state index in [9.17, 15) is 9.59 Å². The first-order valence-corrected chi connectivity index (χ1v) is 11.4. The molecule has 0 rings (SSSR count). The van der Waals surface area contributed by atoms with Crippen molar-refractivity contribution < 1.29 is 14.7 Å². The van der Waals surface area contributed by atoms with Crippen LogP contribution in [0.3, 0.4) is 0 Å². The van der Waals surface area contributed by atoms with Crippen LogP contribution in [-0.4, -0.2) is 29.6 Å². The van der Waals surface area contributed by atoms with Gasteiger partial charge in [-0.15, -0.1) is 0 Å². The second kappa shape index (κ2) is 21.6. The summed E-state index contributed by atoms with van der Waals surface area (Å²) in [5.41, 5.74) is 5.39. The highest BCUT2D eigenvalue weighted by atomic mass is 16.4. The summed E-state index contributed by atoms with van der Waals surface area (Å²) in [6.07, 6.45) is 28.1. The summed E-state index contributed by atoms with van der Waals surface area (Å²) in [6.45, 7) is 2.65. The number of unbranched alkanes of at least 4 members (excludes halogenated alkanes) is 4. The number of allylic oxidation sites excluding steroid dienone is 8. The van der Waals surface area contributed by atoms with Gasteiger partial charge in [0.2, 0.25) is 5.91 Å². The third-order valence-electron chi connectivity index (χ3n) is 4.56. The molecule has 0 saturated carbocycles. The first-order valence-electron chi connectivity index (χ1n) is 11.4. The lowest BCUT2D eigenvalue weighted by molar-refractivity contribution is -0.142. The summed E-state index contributed by atoms with van der Waals surface area (Å²) in [5, 5.41) is 11.7. The monoisotopic (exact) mass is 418 g/mol. The summed E-state index contributed by atoms with van der Waals surface area (Å²) in [7, 11) is 0. The molecule has 0 aliphatic rings. The van der Waals surface area contributed by atoms with Gasteiger partial charge in [-0.2, -0.15) is 0 Å². The lowest BCUT2D eigenvalue weighted by atomic mass is 10.1. The molecule has 0 aliphatic carbocycles. The Balaban J connectivity index is 3.70. The van der Waals surface area contributed by atoms with E-state index >= 15 is 0 Å². The number of rotatable bonds is 19. The molecule has 4 N–H and O–H groups in total. The number of hydrogen-bond donors (Lipinski definition) is 3. The predicted octanol–water partition coefficient (Wildman–Crippen LogP) is 5.44. The van der Waals surface area contributed by atoms with Crippen LogP contribution in [-0.2, 0) is 9.59 Å². The van der Waals surface area contributed by atoms with Crippen molar-refractivity contribution in [2.24, 2.45) is 5.73 Å². The molecule has 0 heterocycles. The van der Waals surface area contributed by atoms with Crippen LogP contribution < -0.4 is 11.1 Å². The molecule has 5 heteroatoms. The number of aliphatic carboxylic acids is 1. The molecule has 0 saturated heterocycles. The maximum atomic E-state index is 11.8. The van der Waals surface area contributed by atoms with E-state index in [1.165, 1.54) is 25.7 Å². The molecule has 1 amide bonds. The first-order chi connectivity index (χ1) is 14.6. The smallest absolute Gasteiger partial charge is 0.326 e. The molecule has 30 heavy (non-hydrogen) atoms. The van der Waals surface area contributed by atoms with Crippen LogP contribution in [0.5, 0.6) is 0 Å². The molecule has 170 valence electrons. The van der Waals surface area contributed by atoms with Crippen LogP contribution in [0.4, 0.5) is 0 Å². The normalized spacial score (nSPS) is 13.1. The largest absolute Gasteiger partial charge is 0.480 e. The van der Waals surface area contributed by atoms with Crippen molar-refractivity contribution in [1.82, 2.24) is 5.32 Å². The van der Waals surface area contributed by atoms with Crippen molar-refractivity contribution in [3.05, 3.63) is 48.6 Å². The lowest BCUT2D eigenvalue weighted by Gasteiger charge is -2.13. The molecule has 0 spiro atoms. The van der Waals surface area contributed by atoms with Crippen molar-refractivity contribution in [1.29, 1.82) is 0 Å². The number of nitrogens with one attached hydrogen (secondary N) is 1. The van der Waals surface area contributed by atoms with Crippen LogP contribution in [0.2, 0.25) is 0 Å². The minimum atomic E-state index is -1.00. The van der Waals surface area contributed by atoms with Gasteiger partial charge in [0.1, 0.15) is 6.04 Å². The second-order valence-electron chi connectivity index (χ2n) is 7.37. The Hall–Kier alpha value is -2.14. The summed E-state index contributed by atoms with van der Waals surface area (Å²) in [6, 6.07) is -0.836. The molecule has 0 bridgehead atoms. The van der Waals surface area contributed by atoms with E-state index in [0.717, 1.165) is 25.7 Å². The Labute approximate surface area is 183 Å². The summed E-state index contributed by atoms with van der Waals surface area (Å²) in [5.74, 6) is -1.22. The topological polar surface area (TPSA) is 92.4 Å². The van der Waals surface area contributed by atoms with Crippen LogP contribution >= 0.6 is 0 Å². The van der Waals surface area contributed by atoms with Gasteiger partial charge in [0.05, 0.1) is 0 Å². The Morgan fingerprint density at radius 3 is 1.87 bits per heavy atom. The van der Waals surface area contributed by atoms with Crippen LogP contribution in [0, 0.1) is 0 Å². The molecular weight excluding hydrogens is 376 g/mol. The number of carboxylic acids is 1. The summed E-state index contributed by atoms with van der Waals surface area (Å²) < 4.78 is 0. The average Bonchev–Trinajstić information content (AvgIpc) is 2.73. The standard InChI is InChI=1S/C25H42N2O3/c1-2-3-4-5-6-7-8-9-10-11-12-13-14-15-16-17-18-21-24(28)27-23(25(29)30)20-19-22-26/h6-7,9-10,12-13,15-16,23H,2-5,8,11,14,17-22,26H2,1H3,(H,27,28)(H,29,30)/b7-6-,10-9-,13-12-,16-15-/t23-/m0/s1. The van der Waals surface area contributed by atoms with Crippen molar-refractivity contribution >= 4 is 11.9 Å². The first kappa shape index (κ1) is 27.9. The van der Waals surface area contributed by atoms with Crippen molar-refractivity contribution in [3.63, 3.8) is 0 Å². The molecule has 0 unspecified atom stereocenters. The van der Waals surface area contributed by atoms with Crippen molar-refractivity contribution in [2.75, 3.05) is 6.54 Å². The zero-order valence-electron chi connectivity index (χ0n) is 18.7. The van der Waals surface area contributed by atoms with Crippen LogP contribution in [0.25, 0.3) is 0 Å². The predicted molar refractivity (Wildman–Crippen MR) is 126 cm³/mol. The fraction of sp³-hybridized carbons (Fsp3) is 0.600. The Morgan fingerprint density at radius 1 is 0.833 bits per heavy atom. The number of amides is 1. The van der Waals surface area contributed by atoms with Crippen LogP contribution in [0.15, 0.2) is 48.6 Å². The molecular formula is C25H42N2O3. The van der Waals surface area contributed by atoms with E-state index in [4.69, 9.17) is 10.8 Å². The zero-order chi connectivity index (χ0) is 22.3. The van der Waals surface area contributed by atoms with E-state index in [2.05, 4.69) is 60.8 Å². The van der Waals surface area contributed by atoms with Crippen molar-refractivity contribution in [2.45, 2.75) is 90.0 Å². The maximum Gasteiger partial charge on any atom is 0.326 e. The SMILES string of the molecule is CCCCC/C=C\C/C=C\C/C=C\C/C=C\CCCC(=O)N[C@@H](CCCN)C(=O)O. The average molecular weight is 419 g/mol. The molecule has 0 radical (unpaired) electrons. The Kier molecular flexibility index (Phi) is 20.0. The van der Waals surface area contributed by atoms with E-state index in [1.54, 1.807) is 0 Å². The number of carboxylic acid groups (broad SMARTS) is 1. The zero-order valence-corrected chi connectivity index (χ0v) is 18.7. The highest BCUT2D eigenvalue weighted by molar-refractivity contribution is 5.83. The van der Waals surface area contributed by atoms with Gasteiger partial charge >= 0.3 is 5.97 Å². The Bertz CT molecular complexity index is 551. The van der Waals surface area contributed by atoms with Gasteiger partial charge in [-0.1, -0.05) is 68.4 Å². The number of hydrogen-bond acceptors (Lipinski definition) is 3. The molecule has 0 aliphatic heterocycles. The highest BCUT2D eigenvalue weighted by Crippen LogP contribution is 2.03. The van der Waals surface area contributed by atoms with Gasteiger partial charge < -0.3 is 16.2 Å².